The van der Waals surface area contributed by atoms with E-state index in [-0.39, 0.29) is 0 Å². The van der Waals surface area contributed by atoms with E-state index in [1.165, 1.54) is 0 Å². The van der Waals surface area contributed by atoms with Gasteiger partial charge in [0.1, 0.15) is 16.8 Å². The van der Waals surface area contributed by atoms with Gasteiger partial charge >= 0.3 is 0 Å². The molecule has 1 N–H and O–H groups in total. The maximum atomic E-state index is 12.9. The monoisotopic (exact) mass is 528 g/mol. The second-order valence-corrected chi connectivity index (χ2v) is 10.1. The van der Waals surface area contributed by atoms with Crippen LogP contribution >= 0.6 is 15.9 Å². The van der Waals surface area contributed by atoms with Crippen LogP contribution in [-0.4, -0.2) is 5.11 Å². The number of hydrogen-bond acceptors (Lipinski definition) is 2. The highest BCUT2D eigenvalue weighted by molar-refractivity contribution is 9.10. The molecule has 36 heavy (non-hydrogen) atoms. The predicted molar refractivity (Wildman–Crippen MR) is 151 cm³/mol. The molecular formula is C33H21BrO2. The molecule has 3 heteroatoms. The lowest BCUT2D eigenvalue weighted by atomic mass is 9.75. The van der Waals surface area contributed by atoms with E-state index in [0.29, 0.717) is 0 Å². The molecule has 172 valence electrons. The van der Waals surface area contributed by atoms with Gasteiger partial charge in [0.05, 0.1) is 0 Å². The molecule has 6 aromatic rings. The molecule has 5 aromatic carbocycles. The van der Waals surface area contributed by atoms with E-state index in [0.717, 1.165) is 65.4 Å². The Hall–Kier alpha value is -3.92. The van der Waals surface area contributed by atoms with Crippen molar-refractivity contribution in [2.75, 3.05) is 0 Å². The molecule has 0 saturated heterocycles. The SMILES string of the molecule is OC1(c2ccccc2-c2cccc3c2oc2ccccc23)c2ccccc2C=Cc2ccc(Br)cc21. The summed E-state index contributed by atoms with van der Waals surface area (Å²) in [6, 6.07) is 36.6. The summed E-state index contributed by atoms with van der Waals surface area (Å²) in [5.74, 6) is 0. The molecule has 7 rings (SSSR count). The molecular weight excluding hydrogens is 508 g/mol. The van der Waals surface area contributed by atoms with Crippen molar-refractivity contribution < 1.29 is 9.52 Å². The second kappa shape index (κ2) is 8.06. The Morgan fingerprint density at radius 2 is 1.25 bits per heavy atom. The van der Waals surface area contributed by atoms with E-state index in [4.69, 9.17) is 4.42 Å². The summed E-state index contributed by atoms with van der Waals surface area (Å²) < 4.78 is 7.32. The smallest absolute Gasteiger partial charge is 0.143 e. The van der Waals surface area contributed by atoms with Crippen LogP contribution in [0.2, 0.25) is 0 Å². The Kier molecular flexibility index (Phi) is 4.78. The van der Waals surface area contributed by atoms with Crippen LogP contribution < -0.4 is 0 Å². The molecule has 0 radical (unpaired) electrons. The van der Waals surface area contributed by atoms with Gasteiger partial charge in [-0.3, -0.25) is 0 Å². The topological polar surface area (TPSA) is 33.4 Å². The molecule has 0 fully saturated rings. The van der Waals surface area contributed by atoms with Crippen LogP contribution in [0.3, 0.4) is 0 Å². The van der Waals surface area contributed by atoms with Crippen molar-refractivity contribution in [2.24, 2.45) is 0 Å². The molecule has 1 aliphatic carbocycles. The number of hydrogen-bond donors (Lipinski definition) is 1. The van der Waals surface area contributed by atoms with E-state index in [9.17, 15) is 5.11 Å². The molecule has 0 amide bonds. The van der Waals surface area contributed by atoms with E-state index in [1.807, 2.05) is 66.7 Å². The minimum Gasteiger partial charge on any atom is -0.455 e. The van der Waals surface area contributed by atoms with E-state index < -0.39 is 5.60 Å². The van der Waals surface area contributed by atoms with Crippen molar-refractivity contribution in [1.82, 2.24) is 0 Å². The summed E-state index contributed by atoms with van der Waals surface area (Å²) in [6.45, 7) is 0. The third kappa shape index (κ3) is 3.07. The average Bonchev–Trinajstić information content (AvgIpc) is 3.25. The van der Waals surface area contributed by atoms with Crippen LogP contribution in [-0.2, 0) is 5.60 Å². The number of benzene rings is 5. The van der Waals surface area contributed by atoms with Crippen molar-refractivity contribution in [1.29, 1.82) is 0 Å². The van der Waals surface area contributed by atoms with Crippen LogP contribution in [0, 0.1) is 0 Å². The molecule has 1 aliphatic rings. The van der Waals surface area contributed by atoms with Gasteiger partial charge in [-0.05, 0) is 40.5 Å². The fraction of sp³-hybridized carbons (Fsp3) is 0.0303. The lowest BCUT2D eigenvalue weighted by Gasteiger charge is -2.33. The van der Waals surface area contributed by atoms with Crippen molar-refractivity contribution >= 4 is 50.0 Å². The summed E-state index contributed by atoms with van der Waals surface area (Å²) >= 11 is 3.65. The molecule has 0 spiro atoms. The fourth-order valence-electron chi connectivity index (χ4n) is 5.57. The molecule has 1 heterocycles. The minimum atomic E-state index is -1.38. The maximum absolute atomic E-state index is 12.9. The fourth-order valence-corrected chi connectivity index (χ4v) is 5.93. The normalized spacial score (nSPS) is 16.6. The Morgan fingerprint density at radius 3 is 2.14 bits per heavy atom. The Bertz CT molecular complexity index is 1830. The standard InChI is InChI=1S/C33H21BrO2/c34-23-19-18-22-17-16-21-8-1-4-13-28(21)33(35,30(22)20-23)29-14-5-2-9-24(29)26-11-7-12-27-25-10-3-6-15-31(25)36-32(26)27/h1-20,35H. The van der Waals surface area contributed by atoms with Gasteiger partial charge in [0.15, 0.2) is 0 Å². The number of aliphatic hydroxyl groups is 1. The lowest BCUT2D eigenvalue weighted by molar-refractivity contribution is 0.126. The first-order valence-electron chi connectivity index (χ1n) is 11.9. The zero-order valence-electron chi connectivity index (χ0n) is 19.3. The highest BCUT2D eigenvalue weighted by Crippen LogP contribution is 2.48. The molecule has 1 atom stereocenters. The molecule has 0 bridgehead atoms. The number of furan rings is 1. The summed E-state index contributed by atoms with van der Waals surface area (Å²) in [6.07, 6.45) is 4.17. The minimum absolute atomic E-state index is 0.813. The molecule has 1 unspecified atom stereocenters. The second-order valence-electron chi connectivity index (χ2n) is 9.19. The largest absolute Gasteiger partial charge is 0.455 e. The van der Waals surface area contributed by atoms with Crippen LogP contribution in [0.5, 0.6) is 0 Å². The highest BCUT2D eigenvalue weighted by atomic mass is 79.9. The number of rotatable bonds is 2. The van der Waals surface area contributed by atoms with Gasteiger partial charge in [-0.25, -0.2) is 0 Å². The van der Waals surface area contributed by atoms with Gasteiger partial charge in [0, 0.05) is 31.9 Å². The molecule has 1 aromatic heterocycles. The summed E-state index contributed by atoms with van der Waals surface area (Å²) in [7, 11) is 0. The first kappa shape index (κ1) is 21.4. The van der Waals surface area contributed by atoms with Gasteiger partial charge in [0.2, 0.25) is 0 Å². The first-order chi connectivity index (χ1) is 17.6. The first-order valence-corrected chi connectivity index (χ1v) is 12.7. The molecule has 0 aliphatic heterocycles. The Labute approximate surface area is 217 Å². The zero-order valence-corrected chi connectivity index (χ0v) is 20.9. The highest BCUT2D eigenvalue weighted by Gasteiger charge is 2.40. The molecule has 2 nitrogen and oxygen atoms in total. The third-order valence-corrected chi connectivity index (χ3v) is 7.70. The Morgan fingerprint density at radius 1 is 0.583 bits per heavy atom. The summed E-state index contributed by atoms with van der Waals surface area (Å²) in [4.78, 5) is 0. The number of fused-ring (bicyclic) bond motifs is 5. The summed E-state index contributed by atoms with van der Waals surface area (Å²) in [5.41, 5.74) is 6.66. The van der Waals surface area contributed by atoms with Gasteiger partial charge in [-0.1, -0.05) is 119 Å². The zero-order chi connectivity index (χ0) is 24.3. The van der Waals surface area contributed by atoms with Gasteiger partial charge in [-0.2, -0.15) is 0 Å². The van der Waals surface area contributed by atoms with Crippen LogP contribution in [0.4, 0.5) is 0 Å². The van der Waals surface area contributed by atoms with Crippen LogP contribution in [0.1, 0.15) is 27.8 Å². The van der Waals surface area contributed by atoms with Crippen molar-refractivity contribution in [3.63, 3.8) is 0 Å². The van der Waals surface area contributed by atoms with Gasteiger partial charge in [-0.15, -0.1) is 0 Å². The van der Waals surface area contributed by atoms with Crippen LogP contribution in [0.15, 0.2) is 118 Å². The number of halogens is 1. The predicted octanol–water partition coefficient (Wildman–Crippen LogP) is 8.78. The quantitative estimate of drug-likeness (QED) is 0.243. The van der Waals surface area contributed by atoms with E-state index in [1.54, 1.807) is 0 Å². The average molecular weight is 529 g/mol. The van der Waals surface area contributed by atoms with Gasteiger partial charge in [0.25, 0.3) is 0 Å². The van der Waals surface area contributed by atoms with Gasteiger partial charge < -0.3 is 9.52 Å². The lowest BCUT2D eigenvalue weighted by Crippen LogP contribution is -2.31. The maximum Gasteiger partial charge on any atom is 0.143 e. The van der Waals surface area contributed by atoms with Crippen molar-refractivity contribution in [3.8, 4) is 11.1 Å². The van der Waals surface area contributed by atoms with Crippen molar-refractivity contribution in [2.45, 2.75) is 5.60 Å². The number of para-hydroxylation sites is 2. The third-order valence-electron chi connectivity index (χ3n) is 7.21. The van der Waals surface area contributed by atoms with Crippen molar-refractivity contribution in [3.05, 3.63) is 141 Å². The molecule has 0 saturated carbocycles. The van der Waals surface area contributed by atoms with E-state index >= 15 is 0 Å². The van der Waals surface area contributed by atoms with Crippen LogP contribution in [0.25, 0.3) is 45.2 Å². The Balaban J connectivity index is 1.58. The van der Waals surface area contributed by atoms with E-state index in [2.05, 4.69) is 70.5 Å². The summed E-state index contributed by atoms with van der Waals surface area (Å²) in [5, 5.41) is 15.1.